The fourth-order valence-electron chi connectivity index (χ4n) is 2.05. The third-order valence-corrected chi connectivity index (χ3v) is 3.40. The van der Waals surface area contributed by atoms with E-state index in [2.05, 4.69) is 25.8 Å². The van der Waals surface area contributed by atoms with Gasteiger partial charge in [-0.1, -0.05) is 0 Å². The van der Waals surface area contributed by atoms with E-state index in [0.29, 0.717) is 24.9 Å². The molecule has 0 spiro atoms. The van der Waals surface area contributed by atoms with Crippen molar-refractivity contribution >= 4 is 11.7 Å². The van der Waals surface area contributed by atoms with E-state index < -0.39 is 0 Å². The third kappa shape index (κ3) is 3.30. The van der Waals surface area contributed by atoms with Gasteiger partial charge in [0.05, 0.1) is 0 Å². The van der Waals surface area contributed by atoms with Crippen LogP contribution in [0.4, 0.5) is 0 Å². The monoisotopic (exact) mass is 226 g/mol. The summed E-state index contributed by atoms with van der Waals surface area (Å²) in [6.07, 6.45) is 0.729. The molecule has 0 radical (unpaired) electrons. The molecule has 4 heteroatoms. The molecule has 1 fully saturated rings. The van der Waals surface area contributed by atoms with Crippen LogP contribution in [-0.4, -0.2) is 53.7 Å². The van der Waals surface area contributed by atoms with Crippen LogP contribution in [0.5, 0.6) is 0 Å². The van der Waals surface area contributed by atoms with E-state index in [1.807, 2.05) is 4.90 Å². The summed E-state index contributed by atoms with van der Waals surface area (Å²) in [6.45, 7) is 7.33. The summed E-state index contributed by atoms with van der Waals surface area (Å²) < 4.78 is 0. The van der Waals surface area contributed by atoms with E-state index in [4.69, 9.17) is 0 Å². The zero-order valence-electron chi connectivity index (χ0n) is 10.7. The summed E-state index contributed by atoms with van der Waals surface area (Å²) in [5.41, 5.74) is 0. The van der Waals surface area contributed by atoms with Gasteiger partial charge in [0.1, 0.15) is 5.78 Å². The minimum Gasteiger partial charge on any atom is -0.340 e. The van der Waals surface area contributed by atoms with Crippen LogP contribution in [0, 0.1) is 0 Å². The van der Waals surface area contributed by atoms with E-state index in [1.165, 1.54) is 6.92 Å². The van der Waals surface area contributed by atoms with Gasteiger partial charge in [-0.15, -0.1) is 0 Å². The van der Waals surface area contributed by atoms with Crippen LogP contribution in [-0.2, 0) is 9.59 Å². The molecule has 4 nitrogen and oxygen atoms in total. The maximum Gasteiger partial charge on any atom is 0.223 e. The van der Waals surface area contributed by atoms with Crippen LogP contribution >= 0.6 is 0 Å². The molecule has 2 atom stereocenters. The van der Waals surface area contributed by atoms with Gasteiger partial charge in [-0.3, -0.25) is 9.69 Å². The molecule has 0 aromatic heterocycles. The van der Waals surface area contributed by atoms with Gasteiger partial charge in [-0.25, -0.2) is 0 Å². The van der Waals surface area contributed by atoms with Gasteiger partial charge in [0.2, 0.25) is 5.91 Å². The first kappa shape index (κ1) is 13.2. The Labute approximate surface area is 97.6 Å². The number of hydrogen-bond acceptors (Lipinski definition) is 3. The molecule has 1 rings (SSSR count). The number of hydrogen-bond donors (Lipinski definition) is 0. The molecule has 0 saturated carbocycles. The summed E-state index contributed by atoms with van der Waals surface area (Å²) in [4.78, 5) is 26.9. The average Bonchev–Trinajstić information content (AvgIpc) is 2.21. The first-order valence-electron chi connectivity index (χ1n) is 5.91. The van der Waals surface area contributed by atoms with Gasteiger partial charge < -0.3 is 9.69 Å². The van der Waals surface area contributed by atoms with E-state index in [1.54, 1.807) is 0 Å². The molecule has 92 valence electrons. The molecule has 0 bridgehead atoms. The molecule has 1 aliphatic rings. The highest BCUT2D eigenvalue weighted by molar-refractivity contribution is 5.83. The molecule has 0 N–H and O–H groups in total. The normalized spacial score (nSPS) is 26.9. The highest BCUT2D eigenvalue weighted by atomic mass is 16.2. The van der Waals surface area contributed by atoms with Gasteiger partial charge in [0, 0.05) is 38.0 Å². The minimum absolute atomic E-state index is 0.0866. The Morgan fingerprint density at radius 3 is 2.06 bits per heavy atom. The van der Waals surface area contributed by atoms with Crippen LogP contribution in [0.3, 0.4) is 0 Å². The Balaban J connectivity index is 2.48. The summed E-state index contributed by atoms with van der Waals surface area (Å²) in [5.74, 6) is 0.200. The van der Waals surface area contributed by atoms with Crippen molar-refractivity contribution in [3.05, 3.63) is 0 Å². The van der Waals surface area contributed by atoms with Gasteiger partial charge in [0.25, 0.3) is 0 Å². The van der Waals surface area contributed by atoms with E-state index in [0.717, 1.165) is 13.1 Å². The smallest absolute Gasteiger partial charge is 0.223 e. The standard InChI is InChI=1S/C12H22N2O2/c1-9-7-14(8-10(2)13(9)4)12(16)6-5-11(3)15/h9-10H,5-8H2,1-4H3. The summed E-state index contributed by atoms with van der Waals surface area (Å²) in [5, 5.41) is 0. The lowest BCUT2D eigenvalue weighted by molar-refractivity contribution is -0.136. The average molecular weight is 226 g/mol. The number of nitrogens with zero attached hydrogens (tertiary/aromatic N) is 2. The number of carbonyl (C=O) groups excluding carboxylic acids is 2. The van der Waals surface area contributed by atoms with Crippen molar-refractivity contribution in [2.45, 2.75) is 45.7 Å². The molecule has 1 heterocycles. The minimum atomic E-state index is 0.0866. The molecule has 0 aromatic carbocycles. The fraction of sp³-hybridized carbons (Fsp3) is 0.833. The summed E-state index contributed by atoms with van der Waals surface area (Å²) in [7, 11) is 2.09. The number of likely N-dealkylation sites (N-methyl/N-ethyl adjacent to an activating group) is 1. The largest absolute Gasteiger partial charge is 0.340 e. The van der Waals surface area contributed by atoms with Gasteiger partial charge in [-0.2, -0.15) is 0 Å². The number of piperazine rings is 1. The molecule has 0 aromatic rings. The molecule has 16 heavy (non-hydrogen) atoms. The second kappa shape index (κ2) is 5.43. The van der Waals surface area contributed by atoms with Crippen molar-refractivity contribution in [3.8, 4) is 0 Å². The molecule has 0 aliphatic carbocycles. The Kier molecular flexibility index (Phi) is 4.47. The molecular weight excluding hydrogens is 204 g/mol. The van der Waals surface area contributed by atoms with Gasteiger partial charge in [0.15, 0.2) is 0 Å². The van der Waals surface area contributed by atoms with Crippen molar-refractivity contribution in [2.75, 3.05) is 20.1 Å². The lowest BCUT2D eigenvalue weighted by Gasteiger charge is -2.42. The second-order valence-corrected chi connectivity index (χ2v) is 4.86. The maximum absolute atomic E-state index is 11.9. The molecular formula is C12H22N2O2. The van der Waals surface area contributed by atoms with Gasteiger partial charge in [-0.05, 0) is 27.8 Å². The summed E-state index contributed by atoms with van der Waals surface area (Å²) >= 11 is 0. The van der Waals surface area contributed by atoms with Crippen LogP contribution in [0.15, 0.2) is 0 Å². The van der Waals surface area contributed by atoms with Crippen molar-refractivity contribution < 1.29 is 9.59 Å². The Hall–Kier alpha value is -0.900. The number of Topliss-reactive ketones (excluding diaryl/α,β-unsaturated/α-hetero) is 1. The van der Waals surface area contributed by atoms with Crippen LogP contribution < -0.4 is 0 Å². The number of amides is 1. The lowest BCUT2D eigenvalue weighted by atomic mass is 10.1. The highest BCUT2D eigenvalue weighted by Crippen LogP contribution is 2.14. The molecule has 2 unspecified atom stereocenters. The van der Waals surface area contributed by atoms with Crippen molar-refractivity contribution in [3.63, 3.8) is 0 Å². The predicted molar refractivity (Wildman–Crippen MR) is 63.2 cm³/mol. The zero-order chi connectivity index (χ0) is 12.3. The predicted octanol–water partition coefficient (Wildman–Crippen LogP) is 0.907. The lowest BCUT2D eigenvalue weighted by Crippen LogP contribution is -2.56. The molecule has 1 amide bonds. The van der Waals surface area contributed by atoms with Gasteiger partial charge >= 0.3 is 0 Å². The van der Waals surface area contributed by atoms with Crippen molar-refractivity contribution in [2.24, 2.45) is 0 Å². The first-order chi connectivity index (χ1) is 7.41. The summed E-state index contributed by atoms with van der Waals surface area (Å²) in [6, 6.07) is 0.787. The van der Waals surface area contributed by atoms with Crippen molar-refractivity contribution in [1.82, 2.24) is 9.80 Å². The van der Waals surface area contributed by atoms with Crippen LogP contribution in [0.1, 0.15) is 33.6 Å². The SMILES string of the molecule is CC(=O)CCC(=O)N1CC(C)N(C)C(C)C1. The highest BCUT2D eigenvalue weighted by Gasteiger charge is 2.28. The van der Waals surface area contributed by atoms with Crippen LogP contribution in [0.25, 0.3) is 0 Å². The van der Waals surface area contributed by atoms with E-state index in [9.17, 15) is 9.59 Å². The quantitative estimate of drug-likeness (QED) is 0.718. The third-order valence-electron chi connectivity index (χ3n) is 3.40. The van der Waals surface area contributed by atoms with E-state index in [-0.39, 0.29) is 11.7 Å². The van der Waals surface area contributed by atoms with Crippen LogP contribution in [0.2, 0.25) is 0 Å². The fourth-order valence-corrected chi connectivity index (χ4v) is 2.05. The maximum atomic E-state index is 11.9. The second-order valence-electron chi connectivity index (χ2n) is 4.86. The zero-order valence-corrected chi connectivity index (χ0v) is 10.7. The molecule has 1 saturated heterocycles. The Bertz CT molecular complexity index is 266. The number of carbonyl (C=O) groups is 2. The number of ketones is 1. The van der Waals surface area contributed by atoms with E-state index >= 15 is 0 Å². The van der Waals surface area contributed by atoms with Crippen molar-refractivity contribution in [1.29, 1.82) is 0 Å². The topological polar surface area (TPSA) is 40.6 Å². The molecule has 1 aliphatic heterocycles. The Morgan fingerprint density at radius 1 is 1.12 bits per heavy atom. The Morgan fingerprint density at radius 2 is 1.62 bits per heavy atom. The number of rotatable bonds is 3. The first-order valence-corrected chi connectivity index (χ1v) is 5.91.